The van der Waals surface area contributed by atoms with Crippen LogP contribution < -0.4 is 10.6 Å². The fourth-order valence-corrected chi connectivity index (χ4v) is 3.03. The van der Waals surface area contributed by atoms with Crippen LogP contribution in [0.15, 0.2) is 29.6 Å². The molecule has 0 radical (unpaired) electrons. The first-order valence-electron chi connectivity index (χ1n) is 5.89. The highest BCUT2D eigenvalue weighted by molar-refractivity contribution is 14.1. The van der Waals surface area contributed by atoms with Crippen molar-refractivity contribution in [1.82, 2.24) is 0 Å². The summed E-state index contributed by atoms with van der Waals surface area (Å²) in [6.07, 6.45) is 0. The number of carbonyl (C=O) groups excluding carboxylic acids is 2. The minimum absolute atomic E-state index is 0.113. The van der Waals surface area contributed by atoms with Gasteiger partial charge in [0.1, 0.15) is 0 Å². The average molecular weight is 400 g/mol. The molecular formula is C14H13IN2O2S. The highest BCUT2D eigenvalue weighted by Gasteiger charge is 2.09. The molecule has 1 aromatic heterocycles. The van der Waals surface area contributed by atoms with E-state index in [1.165, 1.54) is 18.3 Å². The monoisotopic (exact) mass is 400 g/mol. The number of hydrogen-bond donors (Lipinski definition) is 2. The van der Waals surface area contributed by atoms with Crippen LogP contribution in [0.3, 0.4) is 0 Å². The number of amides is 2. The van der Waals surface area contributed by atoms with E-state index in [1.54, 1.807) is 12.1 Å². The van der Waals surface area contributed by atoms with Crippen LogP contribution in [-0.4, -0.2) is 11.8 Å². The number of rotatable bonds is 3. The maximum absolute atomic E-state index is 12.0. The average Bonchev–Trinajstić information content (AvgIpc) is 2.79. The van der Waals surface area contributed by atoms with Crippen LogP contribution in [0.1, 0.15) is 22.8 Å². The van der Waals surface area contributed by atoms with E-state index in [0.717, 1.165) is 14.1 Å². The van der Waals surface area contributed by atoms with Crippen LogP contribution in [-0.2, 0) is 4.79 Å². The smallest absolute Gasteiger partial charge is 0.256 e. The molecule has 0 aliphatic rings. The second-order valence-corrected chi connectivity index (χ2v) is 7.11. The largest absolute Gasteiger partial charge is 0.326 e. The quantitative estimate of drug-likeness (QED) is 0.769. The number of nitrogens with one attached hydrogen (secondary N) is 2. The number of halogens is 1. The first-order chi connectivity index (χ1) is 9.45. The number of anilines is 2. The van der Waals surface area contributed by atoms with Gasteiger partial charge in [-0.05, 0) is 59.3 Å². The summed E-state index contributed by atoms with van der Waals surface area (Å²) in [6, 6.07) is 7.23. The Labute approximate surface area is 134 Å². The number of carbonyl (C=O) groups is 2. The van der Waals surface area contributed by atoms with Crippen molar-refractivity contribution in [2.45, 2.75) is 13.8 Å². The fraction of sp³-hybridized carbons (Fsp3) is 0.143. The summed E-state index contributed by atoms with van der Waals surface area (Å²) in [5, 5.41) is 7.41. The molecule has 2 aromatic rings. The van der Waals surface area contributed by atoms with Crippen LogP contribution in [0.25, 0.3) is 0 Å². The summed E-state index contributed by atoms with van der Waals surface area (Å²) in [6.45, 7) is 3.35. The van der Waals surface area contributed by atoms with Crippen LogP contribution in [0.5, 0.6) is 0 Å². The Hall–Kier alpha value is -1.41. The third kappa shape index (κ3) is 3.80. The van der Waals surface area contributed by atoms with Crippen LogP contribution in [0.4, 0.5) is 11.4 Å². The topological polar surface area (TPSA) is 58.2 Å². The summed E-state index contributed by atoms with van der Waals surface area (Å²) in [7, 11) is 0. The lowest BCUT2D eigenvalue weighted by molar-refractivity contribution is -0.114. The van der Waals surface area contributed by atoms with Gasteiger partial charge in [-0.15, -0.1) is 11.3 Å². The lowest BCUT2D eigenvalue weighted by Gasteiger charge is -2.09. The van der Waals surface area contributed by atoms with Crippen molar-refractivity contribution in [3.05, 3.63) is 43.7 Å². The van der Waals surface area contributed by atoms with Gasteiger partial charge in [0, 0.05) is 23.7 Å². The van der Waals surface area contributed by atoms with Gasteiger partial charge in [0.25, 0.3) is 5.91 Å². The lowest BCUT2D eigenvalue weighted by Crippen LogP contribution is -2.12. The molecule has 1 heterocycles. The van der Waals surface area contributed by atoms with Crippen LogP contribution in [0.2, 0.25) is 0 Å². The van der Waals surface area contributed by atoms with Crippen molar-refractivity contribution in [2.24, 2.45) is 0 Å². The molecule has 0 fully saturated rings. The Bertz CT molecular complexity index is 667. The molecular weight excluding hydrogens is 387 g/mol. The third-order valence-electron chi connectivity index (χ3n) is 2.62. The number of thiophene rings is 1. The summed E-state index contributed by atoms with van der Waals surface area (Å²) < 4.78 is 1.07. The molecule has 0 saturated heterocycles. The molecule has 2 amide bonds. The first kappa shape index (κ1) is 15.0. The third-order valence-corrected chi connectivity index (χ3v) is 4.41. The van der Waals surface area contributed by atoms with Gasteiger partial charge in [0.15, 0.2) is 0 Å². The summed E-state index contributed by atoms with van der Waals surface area (Å²) in [5.74, 6) is -0.242. The maximum atomic E-state index is 12.0. The standard InChI is InChI=1S/C14H13IN2O2S/c1-8-5-11(3-4-12(8)16-9(2)18)17-14(19)10-6-13(15)20-7-10/h3-7H,1-2H3,(H,16,18)(H,17,19). The molecule has 0 unspecified atom stereocenters. The molecule has 2 rings (SSSR count). The van der Waals surface area contributed by atoms with E-state index in [9.17, 15) is 9.59 Å². The fourth-order valence-electron chi connectivity index (χ4n) is 1.70. The zero-order valence-corrected chi connectivity index (χ0v) is 14.0. The van der Waals surface area contributed by atoms with E-state index < -0.39 is 0 Å². The Morgan fingerprint density at radius 3 is 2.50 bits per heavy atom. The Morgan fingerprint density at radius 2 is 1.95 bits per heavy atom. The SMILES string of the molecule is CC(=O)Nc1ccc(NC(=O)c2csc(I)c2)cc1C. The normalized spacial score (nSPS) is 10.2. The molecule has 2 N–H and O–H groups in total. The molecule has 0 spiro atoms. The van der Waals surface area contributed by atoms with E-state index in [1.807, 2.05) is 24.4 Å². The van der Waals surface area contributed by atoms with Crippen molar-refractivity contribution in [1.29, 1.82) is 0 Å². The van der Waals surface area contributed by atoms with Crippen molar-refractivity contribution in [2.75, 3.05) is 10.6 Å². The lowest BCUT2D eigenvalue weighted by atomic mass is 10.1. The van der Waals surface area contributed by atoms with Gasteiger partial charge < -0.3 is 10.6 Å². The molecule has 1 aromatic carbocycles. The number of aryl methyl sites for hydroxylation is 1. The predicted octanol–water partition coefficient (Wildman–Crippen LogP) is 3.87. The molecule has 104 valence electrons. The van der Waals surface area contributed by atoms with E-state index in [4.69, 9.17) is 0 Å². The van der Waals surface area contributed by atoms with E-state index in [2.05, 4.69) is 33.2 Å². The Balaban J connectivity index is 2.12. The molecule has 0 atom stereocenters. The van der Waals surface area contributed by atoms with E-state index >= 15 is 0 Å². The molecule has 0 aliphatic carbocycles. The molecule has 6 heteroatoms. The van der Waals surface area contributed by atoms with Crippen LogP contribution >= 0.6 is 33.9 Å². The zero-order valence-electron chi connectivity index (χ0n) is 11.0. The van der Waals surface area contributed by atoms with E-state index in [0.29, 0.717) is 11.3 Å². The molecule has 4 nitrogen and oxygen atoms in total. The second kappa shape index (κ2) is 6.36. The molecule has 20 heavy (non-hydrogen) atoms. The Morgan fingerprint density at radius 1 is 1.20 bits per heavy atom. The molecule has 0 bridgehead atoms. The van der Waals surface area contributed by atoms with Crippen molar-refractivity contribution >= 4 is 57.1 Å². The van der Waals surface area contributed by atoms with Gasteiger partial charge in [-0.3, -0.25) is 9.59 Å². The van der Waals surface area contributed by atoms with Gasteiger partial charge in [-0.2, -0.15) is 0 Å². The number of hydrogen-bond acceptors (Lipinski definition) is 3. The highest BCUT2D eigenvalue weighted by atomic mass is 127. The molecule has 0 saturated carbocycles. The van der Waals surface area contributed by atoms with Crippen LogP contribution in [0, 0.1) is 9.81 Å². The minimum Gasteiger partial charge on any atom is -0.326 e. The first-order valence-corrected chi connectivity index (χ1v) is 7.85. The van der Waals surface area contributed by atoms with Gasteiger partial charge in [-0.25, -0.2) is 0 Å². The number of benzene rings is 1. The molecule has 0 aliphatic heterocycles. The van der Waals surface area contributed by atoms with Crippen molar-refractivity contribution in [3.63, 3.8) is 0 Å². The summed E-state index contributed by atoms with van der Waals surface area (Å²) in [4.78, 5) is 23.1. The van der Waals surface area contributed by atoms with Gasteiger partial charge in [0.2, 0.25) is 5.91 Å². The summed E-state index contributed by atoms with van der Waals surface area (Å²) >= 11 is 3.72. The predicted molar refractivity (Wildman–Crippen MR) is 90.5 cm³/mol. The van der Waals surface area contributed by atoms with Gasteiger partial charge >= 0.3 is 0 Å². The van der Waals surface area contributed by atoms with Gasteiger partial charge in [-0.1, -0.05) is 0 Å². The van der Waals surface area contributed by atoms with Gasteiger partial charge in [0.05, 0.1) is 8.45 Å². The highest BCUT2D eigenvalue weighted by Crippen LogP contribution is 2.21. The summed E-state index contributed by atoms with van der Waals surface area (Å²) in [5.41, 5.74) is 3.02. The van der Waals surface area contributed by atoms with Crippen molar-refractivity contribution in [3.8, 4) is 0 Å². The maximum Gasteiger partial charge on any atom is 0.256 e. The second-order valence-electron chi connectivity index (χ2n) is 4.30. The van der Waals surface area contributed by atoms with Crippen molar-refractivity contribution < 1.29 is 9.59 Å². The zero-order chi connectivity index (χ0) is 14.7. The van der Waals surface area contributed by atoms with E-state index in [-0.39, 0.29) is 11.8 Å². The minimum atomic E-state index is -0.129. The Kier molecular flexibility index (Phi) is 4.77.